The third kappa shape index (κ3) is 2.87. The van der Waals surface area contributed by atoms with Crippen molar-refractivity contribution >= 4 is 22.8 Å². The molecule has 2 heterocycles. The summed E-state index contributed by atoms with van der Waals surface area (Å²) in [6.07, 6.45) is 7.84. The van der Waals surface area contributed by atoms with Gasteiger partial charge in [0.1, 0.15) is 29.1 Å². The molecule has 0 radical (unpaired) electrons. The van der Waals surface area contributed by atoms with Gasteiger partial charge in [-0.2, -0.15) is 0 Å². The van der Waals surface area contributed by atoms with Crippen molar-refractivity contribution in [2.75, 3.05) is 7.11 Å². The second kappa shape index (κ2) is 6.73. The van der Waals surface area contributed by atoms with E-state index in [9.17, 15) is 0 Å². The van der Waals surface area contributed by atoms with Crippen molar-refractivity contribution in [3.8, 4) is 17.0 Å². The molecule has 2 fully saturated rings. The predicted octanol–water partition coefficient (Wildman–Crippen LogP) is 5.39. The van der Waals surface area contributed by atoms with Gasteiger partial charge in [-0.1, -0.05) is 18.5 Å². The SMILES string of the molecule is CCc1nc2c(-c3cc(C)c(OC)cc3Cl)ncnc2n1C(C1CC1)C1CC1. The van der Waals surface area contributed by atoms with E-state index in [0.717, 1.165) is 57.8 Å². The van der Waals surface area contributed by atoms with E-state index in [1.807, 2.05) is 19.1 Å². The standard InChI is InChI=1S/C22H25ClN4O/c1-4-18-26-20-19(15-9-12(2)17(28-3)10-16(15)23)24-11-25-22(20)27(18)21(13-5-6-13)14-7-8-14/h9-11,13-14,21H,4-8H2,1-3H3. The average Bonchev–Trinajstić information content (AvgIpc) is 3.62. The van der Waals surface area contributed by atoms with Crippen LogP contribution >= 0.6 is 11.6 Å². The summed E-state index contributed by atoms with van der Waals surface area (Å²) in [5.41, 5.74) is 4.53. The summed E-state index contributed by atoms with van der Waals surface area (Å²) in [5, 5.41) is 0.621. The van der Waals surface area contributed by atoms with Gasteiger partial charge >= 0.3 is 0 Å². The number of imidazole rings is 1. The van der Waals surface area contributed by atoms with Crippen molar-refractivity contribution in [1.29, 1.82) is 0 Å². The van der Waals surface area contributed by atoms with Crippen molar-refractivity contribution in [3.05, 3.63) is 34.9 Å². The summed E-state index contributed by atoms with van der Waals surface area (Å²) in [6, 6.07) is 4.43. The molecule has 6 heteroatoms. The summed E-state index contributed by atoms with van der Waals surface area (Å²) in [7, 11) is 1.66. The second-order valence-electron chi connectivity index (χ2n) is 8.11. The van der Waals surface area contributed by atoms with Crippen molar-refractivity contribution in [1.82, 2.24) is 19.5 Å². The van der Waals surface area contributed by atoms with Crippen molar-refractivity contribution in [3.63, 3.8) is 0 Å². The lowest BCUT2D eigenvalue weighted by Gasteiger charge is -2.20. The van der Waals surface area contributed by atoms with Crippen LogP contribution in [-0.4, -0.2) is 26.6 Å². The lowest BCUT2D eigenvalue weighted by atomic mass is 10.1. The number of hydrogen-bond acceptors (Lipinski definition) is 4. The van der Waals surface area contributed by atoms with Crippen molar-refractivity contribution < 1.29 is 4.74 Å². The molecule has 0 N–H and O–H groups in total. The quantitative estimate of drug-likeness (QED) is 0.560. The van der Waals surface area contributed by atoms with Gasteiger partial charge in [0, 0.05) is 18.0 Å². The zero-order valence-electron chi connectivity index (χ0n) is 16.6. The first-order valence-electron chi connectivity index (χ1n) is 10.2. The third-order valence-electron chi connectivity index (χ3n) is 6.11. The smallest absolute Gasteiger partial charge is 0.164 e. The van der Waals surface area contributed by atoms with E-state index in [2.05, 4.69) is 21.5 Å². The number of aromatic nitrogens is 4. The average molecular weight is 397 g/mol. The largest absolute Gasteiger partial charge is 0.496 e. The molecule has 146 valence electrons. The van der Waals surface area contributed by atoms with E-state index in [-0.39, 0.29) is 0 Å². The van der Waals surface area contributed by atoms with E-state index in [0.29, 0.717) is 11.1 Å². The summed E-state index contributed by atoms with van der Waals surface area (Å²) in [6.45, 7) is 4.19. The maximum Gasteiger partial charge on any atom is 0.164 e. The van der Waals surface area contributed by atoms with Crippen LogP contribution in [0.4, 0.5) is 0 Å². The van der Waals surface area contributed by atoms with Crippen LogP contribution in [0.3, 0.4) is 0 Å². The highest BCUT2D eigenvalue weighted by atomic mass is 35.5. The van der Waals surface area contributed by atoms with Crippen molar-refractivity contribution in [2.45, 2.75) is 52.0 Å². The van der Waals surface area contributed by atoms with Gasteiger partial charge in [-0.3, -0.25) is 0 Å². The number of ether oxygens (including phenoxy) is 1. The van der Waals surface area contributed by atoms with Crippen molar-refractivity contribution in [2.24, 2.45) is 11.8 Å². The molecule has 2 aliphatic carbocycles. The van der Waals surface area contributed by atoms with Crippen LogP contribution in [0.2, 0.25) is 5.02 Å². The van der Waals surface area contributed by atoms with Crippen LogP contribution in [0.5, 0.6) is 5.75 Å². The zero-order valence-corrected chi connectivity index (χ0v) is 17.3. The van der Waals surface area contributed by atoms with E-state index in [4.69, 9.17) is 21.3 Å². The van der Waals surface area contributed by atoms with Crippen LogP contribution in [0.25, 0.3) is 22.4 Å². The molecular weight excluding hydrogens is 372 g/mol. The molecule has 3 aromatic rings. The monoisotopic (exact) mass is 396 g/mol. The number of benzene rings is 1. The number of rotatable bonds is 6. The number of nitrogens with zero attached hydrogens (tertiary/aromatic N) is 4. The molecule has 1 aromatic carbocycles. The molecule has 0 aliphatic heterocycles. The zero-order chi connectivity index (χ0) is 19.4. The Balaban J connectivity index is 1.71. The fraction of sp³-hybridized carbons (Fsp3) is 0.500. The molecule has 2 saturated carbocycles. The number of aryl methyl sites for hydroxylation is 2. The molecule has 0 amide bonds. The molecule has 5 rings (SSSR count). The number of methoxy groups -OCH3 is 1. The minimum Gasteiger partial charge on any atom is -0.496 e. The van der Waals surface area contributed by atoms with Crippen LogP contribution in [0.1, 0.15) is 50.0 Å². The highest BCUT2D eigenvalue weighted by molar-refractivity contribution is 6.33. The Morgan fingerprint density at radius 1 is 1.18 bits per heavy atom. The molecule has 2 aromatic heterocycles. The van der Waals surface area contributed by atoms with E-state index in [1.165, 1.54) is 25.7 Å². The van der Waals surface area contributed by atoms with Gasteiger partial charge in [-0.15, -0.1) is 0 Å². The lowest BCUT2D eigenvalue weighted by molar-refractivity contribution is 0.391. The Labute approximate surface area is 170 Å². The fourth-order valence-electron chi connectivity index (χ4n) is 4.46. The minimum absolute atomic E-state index is 0.538. The van der Waals surface area contributed by atoms with Gasteiger partial charge in [-0.05, 0) is 62.1 Å². The van der Waals surface area contributed by atoms with Gasteiger partial charge in [0.05, 0.1) is 12.1 Å². The number of halogens is 1. The first-order chi connectivity index (χ1) is 13.6. The number of fused-ring (bicyclic) bond motifs is 1. The highest BCUT2D eigenvalue weighted by Gasteiger charge is 2.44. The second-order valence-corrected chi connectivity index (χ2v) is 8.52. The lowest BCUT2D eigenvalue weighted by Crippen LogP contribution is -2.16. The summed E-state index contributed by atoms with van der Waals surface area (Å²) >= 11 is 6.60. The number of hydrogen-bond donors (Lipinski definition) is 0. The first-order valence-corrected chi connectivity index (χ1v) is 10.6. The van der Waals surface area contributed by atoms with Crippen LogP contribution in [-0.2, 0) is 6.42 Å². The summed E-state index contributed by atoms with van der Waals surface area (Å²) < 4.78 is 7.84. The molecule has 0 saturated heterocycles. The topological polar surface area (TPSA) is 52.8 Å². The van der Waals surface area contributed by atoms with E-state index >= 15 is 0 Å². The Morgan fingerprint density at radius 3 is 2.50 bits per heavy atom. The Bertz CT molecular complexity index is 1040. The molecular formula is C22H25ClN4O. The predicted molar refractivity (Wildman–Crippen MR) is 111 cm³/mol. The molecule has 0 bridgehead atoms. The maximum absolute atomic E-state index is 6.60. The summed E-state index contributed by atoms with van der Waals surface area (Å²) in [5.74, 6) is 3.45. The van der Waals surface area contributed by atoms with E-state index < -0.39 is 0 Å². The van der Waals surface area contributed by atoms with Gasteiger partial charge in [0.25, 0.3) is 0 Å². The van der Waals surface area contributed by atoms with Crippen LogP contribution in [0.15, 0.2) is 18.5 Å². The normalized spacial score (nSPS) is 16.9. The van der Waals surface area contributed by atoms with Gasteiger partial charge in [-0.25, -0.2) is 15.0 Å². The van der Waals surface area contributed by atoms with Gasteiger partial charge in [0.15, 0.2) is 5.65 Å². The Morgan fingerprint density at radius 2 is 1.89 bits per heavy atom. The molecule has 0 atom stereocenters. The fourth-order valence-corrected chi connectivity index (χ4v) is 4.70. The van der Waals surface area contributed by atoms with Gasteiger partial charge in [0.2, 0.25) is 0 Å². The summed E-state index contributed by atoms with van der Waals surface area (Å²) in [4.78, 5) is 14.3. The highest BCUT2D eigenvalue weighted by Crippen LogP contribution is 2.53. The first kappa shape index (κ1) is 17.9. The van der Waals surface area contributed by atoms with E-state index in [1.54, 1.807) is 13.4 Å². The molecule has 28 heavy (non-hydrogen) atoms. The maximum atomic E-state index is 6.60. The Hall–Kier alpha value is -2.14. The van der Waals surface area contributed by atoms with Crippen LogP contribution in [0, 0.1) is 18.8 Å². The third-order valence-corrected chi connectivity index (χ3v) is 6.43. The molecule has 0 spiro atoms. The van der Waals surface area contributed by atoms with Crippen LogP contribution < -0.4 is 4.74 Å². The van der Waals surface area contributed by atoms with Gasteiger partial charge < -0.3 is 9.30 Å². The Kier molecular flexibility index (Phi) is 4.31. The molecule has 2 aliphatic rings. The molecule has 0 unspecified atom stereocenters. The minimum atomic E-state index is 0.538. The molecule has 5 nitrogen and oxygen atoms in total.